The van der Waals surface area contributed by atoms with Gasteiger partial charge in [-0.2, -0.15) is 0 Å². The van der Waals surface area contributed by atoms with Crippen molar-refractivity contribution in [1.29, 1.82) is 0 Å². The van der Waals surface area contributed by atoms with Crippen molar-refractivity contribution < 1.29 is 13.2 Å². The van der Waals surface area contributed by atoms with Crippen LogP contribution in [0.25, 0.3) is 0 Å². The van der Waals surface area contributed by atoms with Crippen LogP contribution in [0.4, 0.5) is 5.69 Å². The predicted octanol–water partition coefficient (Wildman–Crippen LogP) is 1.56. The summed E-state index contributed by atoms with van der Waals surface area (Å²) in [6, 6.07) is 6.49. The van der Waals surface area contributed by atoms with Gasteiger partial charge in [0.15, 0.2) is 0 Å². The number of ether oxygens (including phenoxy) is 1. The van der Waals surface area contributed by atoms with Gasteiger partial charge < -0.3 is 10.1 Å². The summed E-state index contributed by atoms with van der Waals surface area (Å²) in [5, 5.41) is 8.37. The lowest BCUT2D eigenvalue weighted by Gasteiger charge is -2.18. The van der Waals surface area contributed by atoms with E-state index in [9.17, 15) is 8.42 Å². The number of sulfonamides is 1. The Bertz CT molecular complexity index is 513. The van der Waals surface area contributed by atoms with Gasteiger partial charge in [0, 0.05) is 24.8 Å². The number of anilines is 1. The van der Waals surface area contributed by atoms with Gasteiger partial charge in [-0.05, 0) is 37.1 Å². The molecule has 1 aromatic rings. The minimum Gasteiger partial charge on any atom is -0.385 e. The zero-order chi connectivity index (χ0) is 13.9. The van der Waals surface area contributed by atoms with Gasteiger partial charge in [0.2, 0.25) is 10.0 Å². The van der Waals surface area contributed by atoms with E-state index < -0.39 is 10.0 Å². The maximum Gasteiger partial charge on any atom is 0.238 e. The summed E-state index contributed by atoms with van der Waals surface area (Å²) < 4.78 is 27.9. The van der Waals surface area contributed by atoms with Crippen LogP contribution < -0.4 is 10.5 Å². The topological polar surface area (TPSA) is 81.4 Å². The normalized spacial score (nSPS) is 23.5. The number of benzene rings is 1. The lowest BCUT2D eigenvalue weighted by atomic mass is 9.99. The molecular weight excluding hydrogens is 264 g/mol. The molecule has 19 heavy (non-hydrogen) atoms. The molecule has 1 saturated heterocycles. The van der Waals surface area contributed by atoms with Crippen LogP contribution in [0.3, 0.4) is 0 Å². The Labute approximate surface area is 114 Å². The quantitative estimate of drug-likeness (QED) is 0.859. The van der Waals surface area contributed by atoms with Crippen molar-refractivity contribution in [2.45, 2.75) is 30.8 Å². The van der Waals surface area contributed by atoms with E-state index in [0.717, 1.165) is 31.7 Å². The Balaban J connectivity index is 1.93. The van der Waals surface area contributed by atoms with E-state index in [4.69, 9.17) is 9.88 Å². The molecule has 2 unspecified atom stereocenters. The summed E-state index contributed by atoms with van der Waals surface area (Å²) in [4.78, 5) is 0.133. The van der Waals surface area contributed by atoms with Crippen molar-refractivity contribution >= 4 is 15.7 Å². The number of hydrogen-bond donors (Lipinski definition) is 2. The fourth-order valence-corrected chi connectivity index (χ4v) is 2.90. The van der Waals surface area contributed by atoms with Gasteiger partial charge in [-0.1, -0.05) is 6.92 Å². The second-order valence-corrected chi connectivity index (χ2v) is 6.38. The van der Waals surface area contributed by atoms with Gasteiger partial charge in [-0.3, -0.25) is 0 Å². The lowest BCUT2D eigenvalue weighted by Crippen LogP contribution is -2.22. The summed E-state index contributed by atoms with van der Waals surface area (Å²) in [7, 11) is -3.61. The molecule has 1 heterocycles. The average molecular weight is 284 g/mol. The van der Waals surface area contributed by atoms with Crippen molar-refractivity contribution in [3.8, 4) is 0 Å². The highest BCUT2D eigenvalue weighted by molar-refractivity contribution is 7.89. The van der Waals surface area contributed by atoms with Crippen LogP contribution in [-0.2, 0) is 14.8 Å². The van der Waals surface area contributed by atoms with E-state index in [1.165, 1.54) is 12.1 Å². The SMILES string of the molecule is CCC1OCCC1CNc1ccc(S(N)(=O)=O)cc1. The fourth-order valence-electron chi connectivity index (χ4n) is 2.39. The van der Waals surface area contributed by atoms with E-state index in [2.05, 4.69) is 12.2 Å². The molecule has 0 aromatic heterocycles. The monoisotopic (exact) mass is 284 g/mol. The molecular formula is C13H20N2O3S. The summed E-state index contributed by atoms with van der Waals surface area (Å²) in [5.74, 6) is 0.517. The maximum absolute atomic E-state index is 11.1. The molecule has 3 N–H and O–H groups in total. The summed E-state index contributed by atoms with van der Waals surface area (Å²) >= 11 is 0. The van der Waals surface area contributed by atoms with E-state index >= 15 is 0 Å². The fraction of sp³-hybridized carbons (Fsp3) is 0.538. The molecule has 1 aromatic carbocycles. The molecule has 1 fully saturated rings. The molecule has 6 heteroatoms. The number of nitrogens with two attached hydrogens (primary N) is 1. The van der Waals surface area contributed by atoms with Crippen molar-refractivity contribution in [3.05, 3.63) is 24.3 Å². The van der Waals surface area contributed by atoms with Crippen LogP contribution in [0.5, 0.6) is 0 Å². The Kier molecular flexibility index (Phi) is 4.44. The minimum atomic E-state index is -3.61. The average Bonchev–Trinajstić information content (AvgIpc) is 2.83. The molecule has 0 spiro atoms. The molecule has 0 radical (unpaired) electrons. The van der Waals surface area contributed by atoms with Gasteiger partial charge in [0.05, 0.1) is 11.0 Å². The van der Waals surface area contributed by atoms with Crippen LogP contribution in [0.1, 0.15) is 19.8 Å². The first-order chi connectivity index (χ1) is 9.00. The van der Waals surface area contributed by atoms with E-state index in [1.807, 2.05) is 0 Å². The number of hydrogen-bond acceptors (Lipinski definition) is 4. The lowest BCUT2D eigenvalue weighted by molar-refractivity contribution is 0.0900. The maximum atomic E-state index is 11.1. The molecule has 0 saturated carbocycles. The van der Waals surface area contributed by atoms with Crippen LogP contribution in [0, 0.1) is 5.92 Å². The number of rotatable bonds is 5. The van der Waals surface area contributed by atoms with Gasteiger partial charge in [-0.25, -0.2) is 13.6 Å². The van der Waals surface area contributed by atoms with Crippen LogP contribution in [0.15, 0.2) is 29.2 Å². The summed E-state index contributed by atoms with van der Waals surface area (Å²) in [6.07, 6.45) is 2.42. The zero-order valence-corrected chi connectivity index (χ0v) is 11.8. The first kappa shape index (κ1) is 14.3. The Hall–Kier alpha value is -1.11. The smallest absolute Gasteiger partial charge is 0.238 e. The van der Waals surface area contributed by atoms with Crippen molar-refractivity contribution in [3.63, 3.8) is 0 Å². The second kappa shape index (κ2) is 5.90. The van der Waals surface area contributed by atoms with Crippen LogP contribution in [0.2, 0.25) is 0 Å². The second-order valence-electron chi connectivity index (χ2n) is 4.82. The molecule has 106 valence electrons. The van der Waals surface area contributed by atoms with E-state index in [0.29, 0.717) is 12.0 Å². The number of nitrogens with one attached hydrogen (secondary N) is 1. The summed E-state index contributed by atoms with van der Waals surface area (Å²) in [5.41, 5.74) is 0.897. The van der Waals surface area contributed by atoms with Gasteiger partial charge in [0.1, 0.15) is 0 Å². The highest BCUT2D eigenvalue weighted by Gasteiger charge is 2.26. The predicted molar refractivity (Wildman–Crippen MR) is 74.4 cm³/mol. The van der Waals surface area contributed by atoms with Crippen LogP contribution in [-0.4, -0.2) is 27.7 Å². The largest absolute Gasteiger partial charge is 0.385 e. The highest BCUT2D eigenvalue weighted by Crippen LogP contribution is 2.24. The first-order valence-corrected chi connectivity index (χ1v) is 8.03. The Morgan fingerprint density at radius 2 is 2.05 bits per heavy atom. The number of primary sulfonamides is 1. The third-order valence-corrected chi connectivity index (χ3v) is 4.43. The first-order valence-electron chi connectivity index (χ1n) is 6.49. The minimum absolute atomic E-state index is 0.133. The highest BCUT2D eigenvalue weighted by atomic mass is 32.2. The molecule has 1 aliphatic heterocycles. The molecule has 2 atom stereocenters. The molecule has 0 aliphatic carbocycles. The van der Waals surface area contributed by atoms with E-state index in [-0.39, 0.29) is 4.90 Å². The third-order valence-electron chi connectivity index (χ3n) is 3.50. The summed E-state index contributed by atoms with van der Waals surface area (Å²) in [6.45, 7) is 3.80. The standard InChI is InChI=1S/C13H20N2O3S/c1-2-13-10(7-8-18-13)9-15-11-3-5-12(6-4-11)19(14,16)17/h3-6,10,13,15H,2,7-9H2,1H3,(H2,14,16,17). The van der Waals surface area contributed by atoms with Crippen molar-refractivity contribution in [2.75, 3.05) is 18.5 Å². The molecule has 5 nitrogen and oxygen atoms in total. The van der Waals surface area contributed by atoms with E-state index in [1.54, 1.807) is 12.1 Å². The third kappa shape index (κ3) is 3.68. The van der Waals surface area contributed by atoms with Gasteiger partial charge in [-0.15, -0.1) is 0 Å². The Morgan fingerprint density at radius 1 is 1.37 bits per heavy atom. The molecule has 0 bridgehead atoms. The van der Waals surface area contributed by atoms with Gasteiger partial charge >= 0.3 is 0 Å². The zero-order valence-electron chi connectivity index (χ0n) is 11.0. The van der Waals surface area contributed by atoms with Gasteiger partial charge in [0.25, 0.3) is 0 Å². The van der Waals surface area contributed by atoms with Crippen molar-refractivity contribution in [2.24, 2.45) is 11.1 Å². The van der Waals surface area contributed by atoms with Crippen molar-refractivity contribution in [1.82, 2.24) is 0 Å². The molecule has 1 aliphatic rings. The van der Waals surface area contributed by atoms with Crippen LogP contribution >= 0.6 is 0 Å². The molecule has 0 amide bonds. The Morgan fingerprint density at radius 3 is 2.63 bits per heavy atom. The molecule has 2 rings (SSSR count).